The van der Waals surface area contributed by atoms with Gasteiger partial charge in [-0.05, 0) is 60.5 Å². The van der Waals surface area contributed by atoms with Crippen LogP contribution in [0.3, 0.4) is 0 Å². The van der Waals surface area contributed by atoms with E-state index in [0.29, 0.717) is 23.6 Å². The van der Waals surface area contributed by atoms with E-state index in [1.807, 2.05) is 0 Å². The maximum Gasteiger partial charge on any atom is 0.335 e. The molecule has 3 aromatic carbocycles. The van der Waals surface area contributed by atoms with E-state index in [1.165, 1.54) is 24.3 Å². The molecule has 1 fully saturated rings. The zero-order chi connectivity index (χ0) is 24.9. The lowest BCUT2D eigenvalue weighted by Gasteiger charge is -2.26. The van der Waals surface area contributed by atoms with Gasteiger partial charge in [0, 0.05) is 0 Å². The van der Waals surface area contributed by atoms with E-state index in [-0.39, 0.29) is 28.8 Å². The number of anilines is 1. The first kappa shape index (κ1) is 24.0. The van der Waals surface area contributed by atoms with Gasteiger partial charge in [-0.2, -0.15) is 0 Å². The van der Waals surface area contributed by atoms with E-state index >= 15 is 0 Å². The van der Waals surface area contributed by atoms with Crippen molar-refractivity contribution in [1.82, 2.24) is 5.32 Å². The zero-order valence-corrected chi connectivity index (χ0v) is 19.3. The number of rotatable bonds is 7. The Hall–Kier alpha value is -4.17. The molecule has 4 rings (SSSR count). The molecule has 0 saturated carbocycles. The van der Waals surface area contributed by atoms with Crippen LogP contribution < -0.4 is 19.7 Å². The van der Waals surface area contributed by atoms with Crippen molar-refractivity contribution < 1.29 is 28.2 Å². The fraction of sp³-hybridized carbons (Fsp3) is 0.115. The number of hydrogen-bond donors (Lipinski definition) is 1. The Labute approximate surface area is 205 Å². The lowest BCUT2D eigenvalue weighted by atomic mass is 10.1. The third kappa shape index (κ3) is 5.33. The monoisotopic (exact) mass is 494 g/mol. The summed E-state index contributed by atoms with van der Waals surface area (Å²) in [5, 5.41) is 2.36. The van der Waals surface area contributed by atoms with Gasteiger partial charge in [0.1, 0.15) is 18.0 Å². The summed E-state index contributed by atoms with van der Waals surface area (Å²) in [7, 11) is 0. The van der Waals surface area contributed by atoms with Crippen LogP contribution in [0.25, 0.3) is 6.08 Å². The summed E-state index contributed by atoms with van der Waals surface area (Å²) < 4.78 is 24.6. The Morgan fingerprint density at radius 3 is 2.40 bits per heavy atom. The molecule has 35 heavy (non-hydrogen) atoms. The number of hydrogen-bond acceptors (Lipinski definition) is 5. The second-order valence-electron chi connectivity index (χ2n) is 7.47. The topological polar surface area (TPSA) is 84.9 Å². The van der Waals surface area contributed by atoms with Crippen molar-refractivity contribution in [2.45, 2.75) is 13.5 Å². The second kappa shape index (κ2) is 10.4. The quantitative estimate of drug-likeness (QED) is 0.364. The van der Waals surface area contributed by atoms with Crippen LogP contribution in [0.4, 0.5) is 14.9 Å². The molecule has 0 radical (unpaired) electrons. The summed E-state index contributed by atoms with van der Waals surface area (Å²) in [6.07, 6.45) is 1.33. The van der Waals surface area contributed by atoms with Crippen molar-refractivity contribution in [3.05, 3.63) is 94.3 Å². The van der Waals surface area contributed by atoms with Gasteiger partial charge in [0.2, 0.25) is 0 Å². The van der Waals surface area contributed by atoms with Crippen LogP contribution in [0.5, 0.6) is 11.5 Å². The summed E-state index contributed by atoms with van der Waals surface area (Å²) in [4.78, 5) is 38.8. The third-order valence-electron chi connectivity index (χ3n) is 5.06. The number of benzene rings is 3. The van der Waals surface area contributed by atoms with E-state index < -0.39 is 17.8 Å². The van der Waals surface area contributed by atoms with Gasteiger partial charge in [-0.25, -0.2) is 14.1 Å². The number of para-hydroxylation sites is 1. The first-order valence-corrected chi connectivity index (χ1v) is 11.0. The van der Waals surface area contributed by atoms with E-state index in [2.05, 4.69) is 5.32 Å². The van der Waals surface area contributed by atoms with Crippen molar-refractivity contribution in [2.75, 3.05) is 11.5 Å². The molecule has 1 N–H and O–H groups in total. The first-order valence-electron chi connectivity index (χ1n) is 10.7. The van der Waals surface area contributed by atoms with Crippen LogP contribution in [0.2, 0.25) is 5.02 Å². The summed E-state index contributed by atoms with van der Waals surface area (Å²) in [6, 6.07) is 16.4. The largest absolute Gasteiger partial charge is 0.490 e. The molecule has 4 amide bonds. The van der Waals surface area contributed by atoms with Gasteiger partial charge in [0.25, 0.3) is 11.8 Å². The molecule has 0 spiro atoms. The fourth-order valence-electron chi connectivity index (χ4n) is 3.45. The number of ether oxygens (including phenoxy) is 2. The van der Waals surface area contributed by atoms with Crippen LogP contribution in [0, 0.1) is 5.82 Å². The first-order chi connectivity index (χ1) is 16.9. The van der Waals surface area contributed by atoms with Crippen molar-refractivity contribution >= 4 is 41.2 Å². The molecule has 1 aliphatic rings. The predicted octanol–water partition coefficient (Wildman–Crippen LogP) is 5.12. The predicted molar refractivity (Wildman–Crippen MR) is 129 cm³/mol. The molecular weight excluding hydrogens is 475 g/mol. The maximum atomic E-state index is 13.2. The molecule has 1 saturated heterocycles. The van der Waals surface area contributed by atoms with Crippen LogP contribution >= 0.6 is 11.6 Å². The number of carbonyl (C=O) groups excluding carboxylic acids is 3. The van der Waals surface area contributed by atoms with Gasteiger partial charge in [0.05, 0.1) is 17.3 Å². The van der Waals surface area contributed by atoms with E-state index in [9.17, 15) is 18.8 Å². The number of halogens is 2. The molecule has 178 valence electrons. The minimum absolute atomic E-state index is 0.121. The van der Waals surface area contributed by atoms with Gasteiger partial charge >= 0.3 is 6.03 Å². The lowest BCUT2D eigenvalue weighted by molar-refractivity contribution is -0.122. The summed E-state index contributed by atoms with van der Waals surface area (Å²) >= 11 is 6.46. The molecule has 0 aromatic heterocycles. The van der Waals surface area contributed by atoms with Gasteiger partial charge in [-0.1, -0.05) is 41.9 Å². The van der Waals surface area contributed by atoms with Crippen LogP contribution in [-0.2, 0) is 16.2 Å². The Morgan fingerprint density at radius 1 is 1.00 bits per heavy atom. The number of imide groups is 2. The smallest absolute Gasteiger partial charge is 0.335 e. The standard InChI is InChI=1S/C26H20ClFN2O5/c1-2-34-22-14-17(13-21(27)23(22)35-15-16-8-10-18(28)11-9-16)12-20-24(31)29-26(33)30(25(20)32)19-6-4-3-5-7-19/h3-14H,2,15H2,1H3,(H,29,31,33)/b20-12-. The number of carbonyl (C=O) groups is 3. The molecule has 0 bridgehead atoms. The molecule has 7 nitrogen and oxygen atoms in total. The maximum absolute atomic E-state index is 13.2. The summed E-state index contributed by atoms with van der Waals surface area (Å²) in [5.74, 6) is -1.38. The highest BCUT2D eigenvalue weighted by Gasteiger charge is 2.36. The van der Waals surface area contributed by atoms with Gasteiger partial charge in [0.15, 0.2) is 11.5 Å². The molecule has 0 aliphatic carbocycles. The van der Waals surface area contributed by atoms with Gasteiger partial charge in [-0.3, -0.25) is 14.9 Å². The van der Waals surface area contributed by atoms with E-state index in [0.717, 1.165) is 10.5 Å². The molecule has 9 heteroatoms. The SMILES string of the molecule is CCOc1cc(/C=C2/C(=O)NC(=O)N(c3ccccc3)C2=O)cc(Cl)c1OCc1ccc(F)cc1. The van der Waals surface area contributed by atoms with Crippen LogP contribution in [0.1, 0.15) is 18.1 Å². The Kier molecular flexibility index (Phi) is 7.12. The van der Waals surface area contributed by atoms with Crippen molar-refractivity contribution in [3.63, 3.8) is 0 Å². The number of nitrogens with one attached hydrogen (secondary N) is 1. The average Bonchev–Trinajstić information content (AvgIpc) is 2.83. The van der Waals surface area contributed by atoms with Crippen LogP contribution in [-0.4, -0.2) is 24.5 Å². The lowest BCUT2D eigenvalue weighted by Crippen LogP contribution is -2.54. The second-order valence-corrected chi connectivity index (χ2v) is 7.88. The Balaban J connectivity index is 1.65. The molecule has 1 heterocycles. The minimum atomic E-state index is -0.832. The highest BCUT2D eigenvalue weighted by Crippen LogP contribution is 2.38. The zero-order valence-electron chi connectivity index (χ0n) is 18.6. The number of barbiturate groups is 1. The van der Waals surface area contributed by atoms with Crippen LogP contribution in [0.15, 0.2) is 72.3 Å². The average molecular weight is 495 g/mol. The van der Waals surface area contributed by atoms with Gasteiger partial charge < -0.3 is 9.47 Å². The molecule has 3 aromatic rings. The van der Waals surface area contributed by atoms with Crippen molar-refractivity contribution in [3.8, 4) is 11.5 Å². The highest BCUT2D eigenvalue weighted by atomic mass is 35.5. The van der Waals surface area contributed by atoms with E-state index in [1.54, 1.807) is 55.5 Å². The molecule has 0 atom stereocenters. The van der Waals surface area contributed by atoms with Gasteiger partial charge in [-0.15, -0.1) is 0 Å². The number of nitrogens with zero attached hydrogens (tertiary/aromatic N) is 1. The normalized spacial score (nSPS) is 14.8. The summed E-state index contributed by atoms with van der Waals surface area (Å²) in [6.45, 7) is 2.21. The fourth-order valence-corrected chi connectivity index (χ4v) is 3.72. The summed E-state index contributed by atoms with van der Waals surface area (Å²) in [5.41, 5.74) is 1.21. The van der Waals surface area contributed by atoms with Crippen molar-refractivity contribution in [1.29, 1.82) is 0 Å². The number of urea groups is 1. The van der Waals surface area contributed by atoms with Crippen molar-refractivity contribution in [2.24, 2.45) is 0 Å². The minimum Gasteiger partial charge on any atom is -0.490 e. The molecule has 1 aliphatic heterocycles. The van der Waals surface area contributed by atoms with E-state index in [4.69, 9.17) is 21.1 Å². The Morgan fingerprint density at radius 2 is 1.71 bits per heavy atom. The third-order valence-corrected chi connectivity index (χ3v) is 5.34. The number of amides is 4. The Bertz CT molecular complexity index is 1310. The highest BCUT2D eigenvalue weighted by molar-refractivity contribution is 6.39. The molecular formula is C26H20ClFN2O5. The molecule has 0 unspecified atom stereocenters.